The highest BCUT2D eigenvalue weighted by Crippen LogP contribution is 2.37. The van der Waals surface area contributed by atoms with Crippen LogP contribution >= 0.6 is 0 Å². The Morgan fingerprint density at radius 3 is 2.59 bits per heavy atom. The molecule has 0 aliphatic carbocycles. The minimum absolute atomic E-state index is 0.215. The summed E-state index contributed by atoms with van der Waals surface area (Å²) in [6.45, 7) is 5.31. The number of hydrogen-bond acceptors (Lipinski definition) is 7. The van der Waals surface area contributed by atoms with Crippen molar-refractivity contribution in [3.8, 4) is 5.75 Å². The third-order valence-electron chi connectivity index (χ3n) is 6.61. The molecule has 0 saturated carbocycles. The second-order valence-electron chi connectivity index (χ2n) is 8.94. The molecule has 34 heavy (non-hydrogen) atoms. The molecule has 2 N–H and O–H groups in total. The van der Waals surface area contributed by atoms with Crippen LogP contribution in [0.15, 0.2) is 30.7 Å². The smallest absolute Gasteiger partial charge is 0.259 e. The van der Waals surface area contributed by atoms with Gasteiger partial charge in [-0.25, -0.2) is 9.97 Å². The van der Waals surface area contributed by atoms with Crippen LogP contribution in [0.5, 0.6) is 5.75 Å². The Morgan fingerprint density at radius 1 is 0.971 bits per heavy atom. The quantitative estimate of drug-likeness (QED) is 0.620. The van der Waals surface area contributed by atoms with Crippen molar-refractivity contribution in [1.82, 2.24) is 14.9 Å². The fraction of sp³-hybridized carbons (Fsp3) is 0.440. The summed E-state index contributed by atoms with van der Waals surface area (Å²) in [4.78, 5) is 38.3. The lowest BCUT2D eigenvalue weighted by Gasteiger charge is -2.36. The summed E-state index contributed by atoms with van der Waals surface area (Å²) in [5, 5.41) is 6.10. The Hall–Kier alpha value is -3.62. The first-order chi connectivity index (χ1) is 16.6. The summed E-state index contributed by atoms with van der Waals surface area (Å²) in [7, 11) is 0. The van der Waals surface area contributed by atoms with Gasteiger partial charge in [0.25, 0.3) is 5.91 Å². The molecule has 0 unspecified atom stereocenters. The molecule has 2 aromatic rings. The second-order valence-corrected chi connectivity index (χ2v) is 8.94. The number of rotatable bonds is 0. The van der Waals surface area contributed by atoms with Crippen LogP contribution in [-0.4, -0.2) is 59.5 Å². The van der Waals surface area contributed by atoms with E-state index in [0.717, 1.165) is 42.7 Å². The minimum atomic E-state index is -0.215. The zero-order valence-electron chi connectivity index (χ0n) is 19.5. The maximum atomic E-state index is 12.8. The van der Waals surface area contributed by atoms with Crippen molar-refractivity contribution in [1.29, 1.82) is 0 Å². The largest absolute Gasteiger partial charge is 0.493 e. The van der Waals surface area contributed by atoms with Crippen molar-refractivity contribution in [3.05, 3.63) is 41.9 Å². The highest BCUT2D eigenvalue weighted by atomic mass is 16.5. The van der Waals surface area contributed by atoms with Gasteiger partial charge in [0, 0.05) is 44.5 Å². The summed E-state index contributed by atoms with van der Waals surface area (Å²) in [6.07, 6.45) is 7.72. The lowest BCUT2D eigenvalue weighted by Crippen LogP contribution is -2.49. The van der Waals surface area contributed by atoms with Gasteiger partial charge < -0.3 is 25.2 Å². The van der Waals surface area contributed by atoms with E-state index < -0.39 is 0 Å². The molecule has 8 rings (SSSR count). The van der Waals surface area contributed by atoms with Gasteiger partial charge in [-0.05, 0) is 43.5 Å². The van der Waals surface area contributed by atoms with Crippen molar-refractivity contribution in [2.45, 2.75) is 39.0 Å². The van der Waals surface area contributed by atoms with Crippen molar-refractivity contribution in [2.24, 2.45) is 0 Å². The summed E-state index contributed by atoms with van der Waals surface area (Å²) in [6, 6.07) is 5.91. The first kappa shape index (κ1) is 22.2. The molecule has 4 bridgehead atoms. The molecule has 178 valence electrons. The fourth-order valence-corrected chi connectivity index (χ4v) is 4.68. The summed E-state index contributed by atoms with van der Waals surface area (Å²) in [5.74, 6) is 2.09. The average Bonchev–Trinajstić information content (AvgIpc) is 3.17. The number of amides is 2. The Kier molecular flexibility index (Phi) is 6.33. The van der Waals surface area contributed by atoms with E-state index in [4.69, 9.17) is 4.74 Å². The lowest BCUT2D eigenvalue weighted by atomic mass is 10.1. The van der Waals surface area contributed by atoms with Gasteiger partial charge in [0.2, 0.25) is 5.91 Å². The number of carbonyl (C=O) groups is 2. The number of carbonyl (C=O) groups excluding carboxylic acids is 2. The van der Waals surface area contributed by atoms with E-state index in [0.29, 0.717) is 62.0 Å². The minimum Gasteiger partial charge on any atom is -0.493 e. The van der Waals surface area contributed by atoms with E-state index in [1.165, 1.54) is 6.33 Å². The molecule has 0 radical (unpaired) electrons. The second kappa shape index (κ2) is 9.70. The molecule has 6 aliphatic heterocycles. The molecule has 6 aliphatic rings. The third kappa shape index (κ3) is 4.55. The molecule has 1 saturated heterocycles. The molecular formula is C25H30N6O3. The van der Waals surface area contributed by atoms with Crippen molar-refractivity contribution >= 4 is 34.7 Å². The van der Waals surface area contributed by atoms with Crippen LogP contribution in [0.2, 0.25) is 0 Å². The van der Waals surface area contributed by atoms with E-state index >= 15 is 0 Å². The van der Waals surface area contributed by atoms with Gasteiger partial charge in [0.05, 0.1) is 17.7 Å². The van der Waals surface area contributed by atoms with Gasteiger partial charge in [-0.15, -0.1) is 0 Å². The molecular weight excluding hydrogens is 432 g/mol. The van der Waals surface area contributed by atoms with E-state index in [-0.39, 0.29) is 11.8 Å². The van der Waals surface area contributed by atoms with E-state index in [2.05, 4.69) is 25.5 Å². The van der Waals surface area contributed by atoms with E-state index in [1.54, 1.807) is 6.20 Å². The number of hydrogen-bond donors (Lipinski definition) is 2. The van der Waals surface area contributed by atoms with E-state index in [9.17, 15) is 9.59 Å². The zero-order valence-corrected chi connectivity index (χ0v) is 19.5. The number of aromatic nitrogens is 2. The molecule has 1 aromatic heterocycles. The fourth-order valence-electron chi connectivity index (χ4n) is 4.68. The summed E-state index contributed by atoms with van der Waals surface area (Å²) >= 11 is 0. The maximum absolute atomic E-state index is 12.8. The molecule has 1 fully saturated rings. The van der Waals surface area contributed by atoms with Crippen LogP contribution in [0.1, 0.15) is 43.2 Å². The molecule has 2 amide bonds. The number of ether oxygens (including phenoxy) is 1. The van der Waals surface area contributed by atoms with Crippen LogP contribution in [-0.2, 0) is 9.59 Å². The van der Waals surface area contributed by atoms with Gasteiger partial charge in [-0.1, -0.05) is 12.8 Å². The highest BCUT2D eigenvalue weighted by Gasteiger charge is 2.32. The van der Waals surface area contributed by atoms with Gasteiger partial charge in [0.1, 0.15) is 23.7 Å². The monoisotopic (exact) mass is 462 g/mol. The molecule has 9 heteroatoms. The molecule has 7 heterocycles. The normalized spacial score (nSPS) is 20.6. The molecule has 1 aromatic carbocycles. The topological polar surface area (TPSA) is 99.7 Å². The Labute approximate surface area is 199 Å². The Balaban J connectivity index is 1.45. The standard InChI is InChI=1S/C25H30N6O3/c1-17-14-18-7-8-20(17)34-13-5-3-2-4-6-21(32)30-9-11-31(12-10-30)24-22-19(15-26-18)25(33)29-23(22)27-16-28-24/h7-8,14-16,26H,2-6,9-13H2,1H3,(H,27,28,29,33)/b19-15-. The average molecular weight is 463 g/mol. The predicted octanol–water partition coefficient (Wildman–Crippen LogP) is 3.18. The SMILES string of the molecule is Cc1cc2ccc1OCCCCCCC(=O)N1CCN(CC1)c1ncnc3c1/C(=C/N2)C(=O)N3. The number of nitrogens with one attached hydrogen (secondary N) is 2. The molecule has 0 atom stereocenters. The first-order valence-electron chi connectivity index (χ1n) is 12.0. The molecule has 0 spiro atoms. The van der Waals surface area contributed by atoms with Gasteiger partial charge in [0.15, 0.2) is 0 Å². The van der Waals surface area contributed by atoms with Crippen molar-refractivity contribution in [3.63, 3.8) is 0 Å². The van der Waals surface area contributed by atoms with Gasteiger partial charge in [-0.2, -0.15) is 0 Å². The van der Waals surface area contributed by atoms with Crippen LogP contribution in [0.4, 0.5) is 17.3 Å². The van der Waals surface area contributed by atoms with Gasteiger partial charge >= 0.3 is 0 Å². The first-order valence-corrected chi connectivity index (χ1v) is 12.0. The van der Waals surface area contributed by atoms with Crippen LogP contribution in [0.25, 0.3) is 5.57 Å². The summed E-state index contributed by atoms with van der Waals surface area (Å²) in [5.41, 5.74) is 3.09. The Bertz CT molecular complexity index is 1120. The third-order valence-corrected chi connectivity index (χ3v) is 6.61. The highest BCUT2D eigenvalue weighted by molar-refractivity contribution is 6.32. The number of anilines is 3. The Morgan fingerprint density at radius 2 is 1.76 bits per heavy atom. The van der Waals surface area contributed by atoms with Crippen LogP contribution in [0, 0.1) is 6.92 Å². The number of nitrogens with zero attached hydrogens (tertiary/aromatic N) is 4. The maximum Gasteiger partial charge on any atom is 0.259 e. The number of piperazine rings is 1. The number of benzene rings is 1. The van der Waals surface area contributed by atoms with Gasteiger partial charge in [-0.3, -0.25) is 9.59 Å². The van der Waals surface area contributed by atoms with Crippen molar-refractivity contribution in [2.75, 3.05) is 48.3 Å². The van der Waals surface area contributed by atoms with Crippen molar-refractivity contribution < 1.29 is 14.3 Å². The number of aryl methyl sites for hydroxylation is 1. The predicted molar refractivity (Wildman–Crippen MR) is 131 cm³/mol. The summed E-state index contributed by atoms with van der Waals surface area (Å²) < 4.78 is 5.96. The van der Waals surface area contributed by atoms with Crippen LogP contribution in [0.3, 0.4) is 0 Å². The van der Waals surface area contributed by atoms with Crippen LogP contribution < -0.4 is 20.3 Å². The lowest BCUT2D eigenvalue weighted by molar-refractivity contribution is -0.131. The molecule has 9 nitrogen and oxygen atoms in total. The zero-order chi connectivity index (χ0) is 23.5. The van der Waals surface area contributed by atoms with E-state index in [1.807, 2.05) is 30.0 Å².